The van der Waals surface area contributed by atoms with Crippen LogP contribution in [0.1, 0.15) is 6.92 Å². The van der Waals surface area contributed by atoms with Crippen LogP contribution in [0.25, 0.3) is 0 Å². The molecule has 8 heavy (non-hydrogen) atoms. The molecule has 0 amide bonds. The zero-order valence-electron chi connectivity index (χ0n) is 4.74. The lowest BCUT2D eigenvalue weighted by atomic mass is 10.7. The third kappa shape index (κ3) is 1.33. The van der Waals surface area contributed by atoms with Crippen LogP contribution in [0.2, 0.25) is 0 Å². The van der Waals surface area contributed by atoms with Crippen molar-refractivity contribution in [2.24, 2.45) is 0 Å². The molecule has 1 aromatic heterocycles. The van der Waals surface area contributed by atoms with Gasteiger partial charge in [0.1, 0.15) is 0 Å². The average molecular weight is 116 g/mol. The summed E-state index contributed by atoms with van der Waals surface area (Å²) < 4.78 is 2.01. The number of halogens is 1. The summed E-state index contributed by atoms with van der Waals surface area (Å²) in [5.74, 6) is 0. The predicted molar refractivity (Wildman–Crippen MR) is 30.4 cm³/mol. The predicted octanol–water partition coefficient (Wildman–Crippen LogP) is 1.06. The number of hydrogen-bond donors (Lipinski definition) is 0. The van der Waals surface area contributed by atoms with Crippen LogP contribution in [-0.4, -0.2) is 9.55 Å². The maximum atomic E-state index is 3.86. The van der Waals surface area contributed by atoms with Gasteiger partial charge < -0.3 is 4.57 Å². The standard InChI is InChI=1S/C5H8N2.FH/c1-2-7-4-3-6-5-7;/h3-5H,2H2,1H3;1H. The first-order valence-corrected chi connectivity index (χ1v) is 2.39. The fraction of sp³-hybridized carbons (Fsp3) is 0.400. The second-order valence-corrected chi connectivity index (χ2v) is 1.39. The highest BCUT2D eigenvalue weighted by Gasteiger charge is 1.77. The summed E-state index contributed by atoms with van der Waals surface area (Å²) in [7, 11) is 0. The molecule has 0 aliphatic rings. The zero-order chi connectivity index (χ0) is 5.11. The van der Waals surface area contributed by atoms with Crippen LogP contribution < -0.4 is 0 Å². The summed E-state index contributed by atoms with van der Waals surface area (Å²) in [6.07, 6.45) is 5.53. The highest BCUT2D eigenvalue weighted by atomic mass is 19.0. The molecule has 0 fully saturated rings. The van der Waals surface area contributed by atoms with Crippen molar-refractivity contribution >= 4 is 0 Å². The normalized spacial score (nSPS) is 8.12. The van der Waals surface area contributed by atoms with E-state index in [0.29, 0.717) is 0 Å². The molecule has 3 heteroatoms. The number of nitrogens with zero attached hydrogens (tertiary/aromatic N) is 2. The second-order valence-electron chi connectivity index (χ2n) is 1.39. The minimum atomic E-state index is 0. The molecule has 0 radical (unpaired) electrons. The van der Waals surface area contributed by atoms with E-state index in [2.05, 4.69) is 11.9 Å². The van der Waals surface area contributed by atoms with Gasteiger partial charge >= 0.3 is 0 Å². The summed E-state index contributed by atoms with van der Waals surface area (Å²) in [4.78, 5) is 3.86. The molecule has 0 bridgehead atoms. The van der Waals surface area contributed by atoms with Gasteiger partial charge in [-0.1, -0.05) is 0 Å². The minimum absolute atomic E-state index is 0. The van der Waals surface area contributed by atoms with E-state index in [1.54, 1.807) is 12.5 Å². The van der Waals surface area contributed by atoms with Crippen molar-refractivity contribution in [2.45, 2.75) is 13.5 Å². The number of hydrogen-bond acceptors (Lipinski definition) is 1. The van der Waals surface area contributed by atoms with Gasteiger partial charge in [0.25, 0.3) is 0 Å². The number of imidazole rings is 1. The number of aromatic nitrogens is 2. The van der Waals surface area contributed by atoms with E-state index in [1.807, 2.05) is 10.8 Å². The monoisotopic (exact) mass is 116 g/mol. The molecular weight excluding hydrogens is 107 g/mol. The molecule has 0 aliphatic heterocycles. The van der Waals surface area contributed by atoms with E-state index in [-0.39, 0.29) is 4.70 Å². The smallest absolute Gasteiger partial charge is 0.0945 e. The van der Waals surface area contributed by atoms with Crippen LogP contribution in [0.15, 0.2) is 18.7 Å². The Morgan fingerprint density at radius 1 is 1.62 bits per heavy atom. The Kier molecular flexibility index (Phi) is 2.84. The summed E-state index contributed by atoms with van der Waals surface area (Å²) in [5, 5.41) is 0. The fourth-order valence-corrected chi connectivity index (χ4v) is 0.474. The molecule has 46 valence electrons. The Balaban J connectivity index is 0.000000490. The van der Waals surface area contributed by atoms with E-state index < -0.39 is 0 Å². The summed E-state index contributed by atoms with van der Waals surface area (Å²) in [5.41, 5.74) is 0. The third-order valence-electron chi connectivity index (χ3n) is 0.924. The van der Waals surface area contributed by atoms with Crippen LogP contribution in [0.5, 0.6) is 0 Å². The maximum absolute atomic E-state index is 3.86. The van der Waals surface area contributed by atoms with E-state index in [0.717, 1.165) is 6.54 Å². The molecule has 0 saturated heterocycles. The van der Waals surface area contributed by atoms with Crippen molar-refractivity contribution in [3.63, 3.8) is 0 Å². The first-order valence-electron chi connectivity index (χ1n) is 2.39. The van der Waals surface area contributed by atoms with Gasteiger partial charge in [-0.2, -0.15) is 0 Å². The van der Waals surface area contributed by atoms with Crippen molar-refractivity contribution in [1.82, 2.24) is 9.55 Å². The van der Waals surface area contributed by atoms with Crippen LogP contribution in [0.3, 0.4) is 0 Å². The van der Waals surface area contributed by atoms with Crippen LogP contribution in [-0.2, 0) is 6.54 Å². The minimum Gasteiger partial charge on any atom is -0.338 e. The van der Waals surface area contributed by atoms with Crippen LogP contribution in [0.4, 0.5) is 4.70 Å². The number of rotatable bonds is 1. The maximum Gasteiger partial charge on any atom is 0.0945 e. The van der Waals surface area contributed by atoms with Gasteiger partial charge in [-0.15, -0.1) is 0 Å². The van der Waals surface area contributed by atoms with Crippen molar-refractivity contribution in [1.29, 1.82) is 0 Å². The fourth-order valence-electron chi connectivity index (χ4n) is 0.474. The van der Waals surface area contributed by atoms with Gasteiger partial charge in [0, 0.05) is 18.9 Å². The molecule has 0 saturated carbocycles. The van der Waals surface area contributed by atoms with Crippen molar-refractivity contribution < 1.29 is 4.70 Å². The lowest BCUT2D eigenvalue weighted by molar-refractivity contribution is 0.761. The molecule has 0 atom stereocenters. The van der Waals surface area contributed by atoms with E-state index in [1.165, 1.54) is 0 Å². The molecule has 0 unspecified atom stereocenters. The Morgan fingerprint density at radius 2 is 2.38 bits per heavy atom. The van der Waals surface area contributed by atoms with Crippen LogP contribution in [0, 0.1) is 0 Å². The molecule has 0 aliphatic carbocycles. The third-order valence-corrected chi connectivity index (χ3v) is 0.924. The van der Waals surface area contributed by atoms with Gasteiger partial charge in [0.15, 0.2) is 0 Å². The van der Waals surface area contributed by atoms with Crippen molar-refractivity contribution in [3.8, 4) is 0 Å². The van der Waals surface area contributed by atoms with Gasteiger partial charge in [0.05, 0.1) is 6.33 Å². The first-order chi connectivity index (χ1) is 3.43. The lowest BCUT2D eigenvalue weighted by Gasteiger charge is -1.87. The summed E-state index contributed by atoms with van der Waals surface area (Å²) >= 11 is 0. The first kappa shape index (κ1) is 7.14. The number of aryl methyl sites for hydroxylation is 1. The molecular formula is C5H9FN2. The van der Waals surface area contributed by atoms with Gasteiger partial charge in [-0.3, -0.25) is 4.70 Å². The quantitative estimate of drug-likeness (QED) is 0.536. The van der Waals surface area contributed by atoms with Crippen molar-refractivity contribution in [2.75, 3.05) is 0 Å². The largest absolute Gasteiger partial charge is 0.338 e. The Bertz CT molecular complexity index is 125. The lowest BCUT2D eigenvalue weighted by Crippen LogP contribution is -1.85. The summed E-state index contributed by atoms with van der Waals surface area (Å²) in [6, 6.07) is 0. The van der Waals surface area contributed by atoms with E-state index >= 15 is 0 Å². The average Bonchev–Trinajstić information content (AvgIpc) is 2.14. The molecule has 2 nitrogen and oxygen atoms in total. The van der Waals surface area contributed by atoms with Gasteiger partial charge in [0.2, 0.25) is 0 Å². The molecule has 1 heterocycles. The summed E-state index contributed by atoms with van der Waals surface area (Å²) in [6.45, 7) is 3.10. The molecule has 0 N–H and O–H groups in total. The SMILES string of the molecule is CCn1ccnc1.F. The Labute approximate surface area is 47.5 Å². The Hall–Kier alpha value is -0.860. The van der Waals surface area contributed by atoms with Gasteiger partial charge in [-0.05, 0) is 6.92 Å². The molecule has 1 rings (SSSR count). The topological polar surface area (TPSA) is 17.8 Å². The van der Waals surface area contributed by atoms with E-state index in [4.69, 9.17) is 0 Å². The molecule has 1 aromatic rings. The second kappa shape index (κ2) is 3.18. The zero-order valence-corrected chi connectivity index (χ0v) is 4.74. The highest BCUT2D eigenvalue weighted by Crippen LogP contribution is 1.81. The molecule has 0 spiro atoms. The highest BCUT2D eigenvalue weighted by molar-refractivity contribution is 4.72. The van der Waals surface area contributed by atoms with E-state index in [9.17, 15) is 0 Å². The van der Waals surface area contributed by atoms with Gasteiger partial charge in [-0.25, -0.2) is 4.98 Å². The van der Waals surface area contributed by atoms with Crippen LogP contribution >= 0.6 is 0 Å². The van der Waals surface area contributed by atoms with Crippen molar-refractivity contribution in [3.05, 3.63) is 18.7 Å². The molecule has 0 aromatic carbocycles. The Morgan fingerprint density at radius 3 is 2.62 bits per heavy atom.